The van der Waals surface area contributed by atoms with Gasteiger partial charge >= 0.3 is 5.97 Å². The first kappa shape index (κ1) is 16.0. The number of hydrogen-bond donors (Lipinski definition) is 0. The first-order chi connectivity index (χ1) is 10.0. The summed E-state index contributed by atoms with van der Waals surface area (Å²) >= 11 is 0. The van der Waals surface area contributed by atoms with Gasteiger partial charge in [0.05, 0.1) is 12.9 Å². The van der Waals surface area contributed by atoms with Crippen LogP contribution in [0, 0.1) is 0 Å². The van der Waals surface area contributed by atoms with Gasteiger partial charge in [0, 0.05) is 19.0 Å². The standard InChI is InChI=1S/C15H21NO4S/c1-20-15(17)10-6-12-21(18,19)16-11-5-9-14(16)13-7-3-2-4-8-13/h2-4,7-8,14H,5-6,9-12H2,1H3. The molecular formula is C15H21NO4S. The van der Waals surface area contributed by atoms with Gasteiger partial charge in [0.2, 0.25) is 10.0 Å². The molecule has 0 aliphatic carbocycles. The van der Waals surface area contributed by atoms with Crippen LogP contribution in [0.25, 0.3) is 0 Å². The van der Waals surface area contributed by atoms with Crippen molar-refractivity contribution in [2.75, 3.05) is 19.4 Å². The largest absolute Gasteiger partial charge is 0.469 e. The van der Waals surface area contributed by atoms with Crippen molar-refractivity contribution in [1.82, 2.24) is 4.31 Å². The van der Waals surface area contributed by atoms with Gasteiger partial charge in [-0.15, -0.1) is 0 Å². The van der Waals surface area contributed by atoms with Crippen molar-refractivity contribution >= 4 is 16.0 Å². The molecule has 0 spiro atoms. The normalized spacial score (nSPS) is 19.6. The highest BCUT2D eigenvalue weighted by molar-refractivity contribution is 7.89. The molecular weight excluding hydrogens is 290 g/mol. The van der Waals surface area contributed by atoms with Crippen molar-refractivity contribution in [3.05, 3.63) is 35.9 Å². The van der Waals surface area contributed by atoms with Gasteiger partial charge in [-0.3, -0.25) is 4.79 Å². The molecule has 0 aromatic heterocycles. The van der Waals surface area contributed by atoms with Gasteiger partial charge in [-0.2, -0.15) is 4.31 Å². The molecule has 1 atom stereocenters. The maximum absolute atomic E-state index is 12.5. The number of sulfonamides is 1. The predicted octanol–water partition coefficient (Wildman–Crippen LogP) is 2.11. The minimum atomic E-state index is -3.34. The molecule has 0 bridgehead atoms. The van der Waals surface area contributed by atoms with Crippen molar-refractivity contribution in [3.8, 4) is 0 Å². The van der Waals surface area contributed by atoms with E-state index in [2.05, 4.69) is 4.74 Å². The molecule has 1 heterocycles. The summed E-state index contributed by atoms with van der Waals surface area (Å²) in [5, 5.41) is 0. The van der Waals surface area contributed by atoms with E-state index in [-0.39, 0.29) is 24.2 Å². The van der Waals surface area contributed by atoms with E-state index in [9.17, 15) is 13.2 Å². The Bertz CT molecular complexity index is 571. The van der Waals surface area contributed by atoms with Crippen LogP contribution in [0.1, 0.15) is 37.3 Å². The van der Waals surface area contributed by atoms with Crippen LogP contribution < -0.4 is 0 Å². The summed E-state index contributed by atoms with van der Waals surface area (Å²) in [5.74, 6) is -0.378. The minimum absolute atomic E-state index is 0.00850. The maximum atomic E-state index is 12.5. The molecule has 1 unspecified atom stereocenters. The van der Waals surface area contributed by atoms with Crippen LogP contribution in [0.3, 0.4) is 0 Å². The number of rotatable bonds is 6. The van der Waals surface area contributed by atoms with Gasteiger partial charge < -0.3 is 4.74 Å². The van der Waals surface area contributed by atoms with Gasteiger partial charge in [-0.25, -0.2) is 8.42 Å². The first-order valence-corrected chi connectivity index (χ1v) is 8.77. The molecule has 1 aliphatic rings. The fraction of sp³-hybridized carbons (Fsp3) is 0.533. The van der Waals surface area contributed by atoms with Crippen LogP contribution in [-0.2, 0) is 19.6 Å². The van der Waals surface area contributed by atoms with E-state index in [1.165, 1.54) is 7.11 Å². The van der Waals surface area contributed by atoms with E-state index in [0.29, 0.717) is 13.0 Å². The van der Waals surface area contributed by atoms with Crippen molar-refractivity contribution < 1.29 is 17.9 Å². The van der Waals surface area contributed by atoms with Crippen molar-refractivity contribution in [2.24, 2.45) is 0 Å². The monoisotopic (exact) mass is 311 g/mol. The second-order valence-electron chi connectivity index (χ2n) is 5.18. The maximum Gasteiger partial charge on any atom is 0.305 e. The Balaban J connectivity index is 2.03. The highest BCUT2D eigenvalue weighted by Crippen LogP contribution is 2.34. The second-order valence-corrected chi connectivity index (χ2v) is 7.22. The van der Waals surface area contributed by atoms with Gasteiger partial charge in [-0.1, -0.05) is 30.3 Å². The van der Waals surface area contributed by atoms with E-state index in [1.807, 2.05) is 30.3 Å². The molecule has 0 amide bonds. The molecule has 1 fully saturated rings. The van der Waals surface area contributed by atoms with Gasteiger partial charge in [-0.05, 0) is 24.8 Å². The third-order valence-corrected chi connectivity index (χ3v) is 5.71. The average Bonchev–Trinajstić information content (AvgIpc) is 2.98. The van der Waals surface area contributed by atoms with Crippen LogP contribution in [0.15, 0.2) is 30.3 Å². The molecule has 21 heavy (non-hydrogen) atoms. The number of carbonyl (C=O) groups is 1. The SMILES string of the molecule is COC(=O)CCCS(=O)(=O)N1CCCC1c1ccccc1. The highest BCUT2D eigenvalue weighted by atomic mass is 32.2. The van der Waals surface area contributed by atoms with Crippen LogP contribution >= 0.6 is 0 Å². The quantitative estimate of drug-likeness (QED) is 0.755. The van der Waals surface area contributed by atoms with Crippen LogP contribution in [0.2, 0.25) is 0 Å². The van der Waals surface area contributed by atoms with Crippen LogP contribution in [-0.4, -0.2) is 38.1 Å². The molecule has 1 saturated heterocycles. The van der Waals surface area contributed by atoms with Crippen LogP contribution in [0.4, 0.5) is 0 Å². The summed E-state index contributed by atoms with van der Waals surface area (Å²) in [6.45, 7) is 0.556. The Morgan fingerprint density at radius 1 is 1.33 bits per heavy atom. The molecule has 6 heteroatoms. The zero-order valence-corrected chi connectivity index (χ0v) is 13.0. The smallest absolute Gasteiger partial charge is 0.305 e. The lowest BCUT2D eigenvalue weighted by molar-refractivity contribution is -0.140. The van der Waals surface area contributed by atoms with E-state index in [1.54, 1.807) is 4.31 Å². The first-order valence-electron chi connectivity index (χ1n) is 7.16. The Labute approximate surface area is 126 Å². The van der Waals surface area contributed by atoms with Crippen molar-refractivity contribution in [2.45, 2.75) is 31.7 Å². The number of ether oxygens (including phenoxy) is 1. The lowest BCUT2D eigenvalue weighted by atomic mass is 10.1. The number of carbonyl (C=O) groups excluding carboxylic acids is 1. The molecule has 0 radical (unpaired) electrons. The van der Waals surface area contributed by atoms with Gasteiger partial charge in [0.25, 0.3) is 0 Å². The molecule has 0 saturated carbocycles. The molecule has 1 aromatic rings. The fourth-order valence-corrected chi connectivity index (χ4v) is 4.47. The number of benzene rings is 1. The number of esters is 1. The molecule has 116 valence electrons. The van der Waals surface area contributed by atoms with Gasteiger partial charge in [0.1, 0.15) is 0 Å². The highest BCUT2D eigenvalue weighted by Gasteiger charge is 2.34. The van der Waals surface area contributed by atoms with E-state index in [0.717, 1.165) is 18.4 Å². The fourth-order valence-electron chi connectivity index (χ4n) is 2.70. The van der Waals surface area contributed by atoms with E-state index in [4.69, 9.17) is 0 Å². The average molecular weight is 311 g/mol. The predicted molar refractivity (Wildman–Crippen MR) is 80.2 cm³/mol. The lowest BCUT2D eigenvalue weighted by Crippen LogP contribution is -2.32. The van der Waals surface area contributed by atoms with Crippen LogP contribution in [0.5, 0.6) is 0 Å². The summed E-state index contributed by atoms with van der Waals surface area (Å²) in [4.78, 5) is 11.1. The zero-order chi connectivity index (χ0) is 15.3. The van der Waals surface area contributed by atoms with E-state index < -0.39 is 10.0 Å². The van der Waals surface area contributed by atoms with Gasteiger partial charge in [0.15, 0.2) is 0 Å². The topological polar surface area (TPSA) is 63.7 Å². The summed E-state index contributed by atoms with van der Waals surface area (Å²) in [6, 6.07) is 9.63. The molecule has 1 aromatic carbocycles. The third kappa shape index (κ3) is 4.04. The molecule has 0 N–H and O–H groups in total. The third-order valence-electron chi connectivity index (χ3n) is 3.76. The summed E-state index contributed by atoms with van der Waals surface area (Å²) in [5.41, 5.74) is 1.03. The Hall–Kier alpha value is -1.40. The molecule has 5 nitrogen and oxygen atoms in total. The Morgan fingerprint density at radius 2 is 2.05 bits per heavy atom. The number of methoxy groups -OCH3 is 1. The number of nitrogens with zero attached hydrogens (tertiary/aromatic N) is 1. The Kier molecular flexibility index (Phi) is 5.36. The van der Waals surface area contributed by atoms with Crippen molar-refractivity contribution in [1.29, 1.82) is 0 Å². The summed E-state index contributed by atoms with van der Waals surface area (Å²) in [7, 11) is -2.03. The van der Waals surface area contributed by atoms with Crippen molar-refractivity contribution in [3.63, 3.8) is 0 Å². The Morgan fingerprint density at radius 3 is 2.71 bits per heavy atom. The lowest BCUT2D eigenvalue weighted by Gasteiger charge is -2.24. The number of hydrogen-bond acceptors (Lipinski definition) is 4. The molecule has 2 rings (SSSR count). The minimum Gasteiger partial charge on any atom is -0.469 e. The summed E-state index contributed by atoms with van der Waals surface area (Å²) in [6.07, 6.45) is 2.16. The second kappa shape index (κ2) is 7.04. The molecule has 1 aliphatic heterocycles. The summed E-state index contributed by atoms with van der Waals surface area (Å²) < 4.78 is 31.0. The van der Waals surface area contributed by atoms with E-state index >= 15 is 0 Å². The zero-order valence-electron chi connectivity index (χ0n) is 12.2.